The fraction of sp³-hybridized carbons (Fsp3) is 0.333. The van der Waals surface area contributed by atoms with Crippen molar-refractivity contribution in [3.63, 3.8) is 0 Å². The number of carbonyl (C=O) groups excluding carboxylic acids is 2. The molecule has 2 amide bonds. The van der Waals surface area contributed by atoms with Crippen molar-refractivity contribution in [2.75, 3.05) is 25.5 Å². The van der Waals surface area contributed by atoms with E-state index in [-0.39, 0.29) is 35.7 Å². The summed E-state index contributed by atoms with van der Waals surface area (Å²) in [5.41, 5.74) is 0.420. The number of carbonyl (C=O) groups is 2. The number of rotatable bonds is 5. The van der Waals surface area contributed by atoms with Crippen LogP contribution in [0.25, 0.3) is 0 Å². The number of halogens is 1. The maximum absolute atomic E-state index is 12.7. The fourth-order valence-electron chi connectivity index (χ4n) is 3.05. The first-order valence-corrected chi connectivity index (χ1v) is 11.4. The second-order valence-corrected chi connectivity index (χ2v) is 9.65. The van der Waals surface area contributed by atoms with E-state index in [4.69, 9.17) is 11.6 Å². The van der Waals surface area contributed by atoms with Gasteiger partial charge >= 0.3 is 0 Å². The minimum absolute atomic E-state index is 0.189. The maximum Gasteiger partial charge on any atom is 0.254 e. The fourth-order valence-corrected chi connectivity index (χ4v) is 5.43. The Balaban J connectivity index is 1.62. The quantitative estimate of drug-likeness (QED) is 0.745. The van der Waals surface area contributed by atoms with Crippen LogP contribution in [0.15, 0.2) is 40.6 Å². The van der Waals surface area contributed by atoms with Gasteiger partial charge in [-0.2, -0.15) is 4.31 Å². The van der Waals surface area contributed by atoms with Gasteiger partial charge in [-0.3, -0.25) is 9.59 Å². The van der Waals surface area contributed by atoms with Gasteiger partial charge in [0.2, 0.25) is 15.9 Å². The Morgan fingerprint density at radius 1 is 1.14 bits per heavy atom. The van der Waals surface area contributed by atoms with E-state index >= 15 is 0 Å². The molecule has 1 saturated heterocycles. The van der Waals surface area contributed by atoms with Crippen LogP contribution in [0.1, 0.15) is 23.2 Å². The Hall–Kier alpha value is -1.94. The molecule has 0 spiro atoms. The van der Waals surface area contributed by atoms with E-state index in [1.54, 1.807) is 23.6 Å². The molecule has 0 unspecified atom stereocenters. The van der Waals surface area contributed by atoms with Crippen LogP contribution < -0.4 is 10.6 Å². The number of hydrogen-bond donors (Lipinski definition) is 2. The summed E-state index contributed by atoms with van der Waals surface area (Å²) in [5, 5.41) is 8.05. The highest BCUT2D eigenvalue weighted by Gasteiger charge is 2.32. The standard InChI is InChI=1S/C18H20ClN3O4S2/c1-20-17(24)15-8-11-27-18(15)21-16(23)12-6-9-22(10-7-12)28(25,26)14-4-2-13(19)3-5-14/h2-5,8,11-12H,6-7,9-10H2,1H3,(H,20,24)(H,21,23). The molecule has 28 heavy (non-hydrogen) atoms. The first-order valence-electron chi connectivity index (χ1n) is 8.69. The molecular weight excluding hydrogens is 422 g/mol. The zero-order valence-corrected chi connectivity index (χ0v) is 17.5. The van der Waals surface area contributed by atoms with Gasteiger partial charge in [0.25, 0.3) is 5.91 Å². The monoisotopic (exact) mass is 441 g/mol. The van der Waals surface area contributed by atoms with Crippen molar-refractivity contribution < 1.29 is 18.0 Å². The van der Waals surface area contributed by atoms with Crippen molar-refractivity contribution in [2.24, 2.45) is 5.92 Å². The van der Waals surface area contributed by atoms with Crippen LogP contribution in [0.4, 0.5) is 5.00 Å². The largest absolute Gasteiger partial charge is 0.355 e. The minimum atomic E-state index is -3.61. The molecule has 2 aromatic rings. The predicted octanol–water partition coefficient (Wildman–Crippen LogP) is 2.80. The Bertz CT molecular complexity index is 965. The second-order valence-electron chi connectivity index (χ2n) is 6.36. The van der Waals surface area contributed by atoms with Crippen LogP contribution >= 0.6 is 22.9 Å². The molecule has 7 nitrogen and oxygen atoms in total. The average Bonchev–Trinajstić information content (AvgIpc) is 3.16. The normalized spacial score (nSPS) is 15.9. The molecule has 10 heteroatoms. The van der Waals surface area contributed by atoms with Gasteiger partial charge in [-0.15, -0.1) is 11.3 Å². The van der Waals surface area contributed by atoms with Crippen molar-refractivity contribution >= 4 is 49.8 Å². The third kappa shape index (κ3) is 4.38. The van der Waals surface area contributed by atoms with E-state index in [9.17, 15) is 18.0 Å². The van der Waals surface area contributed by atoms with Crippen LogP contribution in [-0.2, 0) is 14.8 Å². The third-order valence-corrected chi connectivity index (χ3v) is 7.64. The van der Waals surface area contributed by atoms with Gasteiger partial charge in [0, 0.05) is 31.1 Å². The molecule has 0 saturated carbocycles. The molecule has 0 aliphatic carbocycles. The molecular formula is C18H20ClN3O4S2. The van der Waals surface area contributed by atoms with Gasteiger partial charge < -0.3 is 10.6 Å². The van der Waals surface area contributed by atoms with Crippen molar-refractivity contribution in [3.8, 4) is 0 Å². The van der Waals surface area contributed by atoms with Crippen molar-refractivity contribution in [1.82, 2.24) is 9.62 Å². The third-order valence-electron chi connectivity index (χ3n) is 4.65. The molecule has 2 N–H and O–H groups in total. The van der Waals surface area contributed by atoms with E-state index in [1.807, 2.05) is 0 Å². The molecule has 0 atom stereocenters. The highest BCUT2D eigenvalue weighted by molar-refractivity contribution is 7.89. The number of benzene rings is 1. The van der Waals surface area contributed by atoms with E-state index in [0.29, 0.717) is 28.4 Å². The minimum Gasteiger partial charge on any atom is -0.355 e. The Labute approximate surface area is 172 Å². The van der Waals surface area contributed by atoms with Gasteiger partial charge in [-0.05, 0) is 48.6 Å². The summed E-state index contributed by atoms with van der Waals surface area (Å²) in [6, 6.07) is 7.70. The van der Waals surface area contributed by atoms with E-state index < -0.39 is 10.0 Å². The number of anilines is 1. The van der Waals surface area contributed by atoms with Gasteiger partial charge in [0.05, 0.1) is 10.5 Å². The highest BCUT2D eigenvalue weighted by Crippen LogP contribution is 2.28. The van der Waals surface area contributed by atoms with Gasteiger partial charge in [-0.25, -0.2) is 8.42 Å². The Morgan fingerprint density at radius 2 is 1.79 bits per heavy atom. The summed E-state index contributed by atoms with van der Waals surface area (Å²) in [6.07, 6.45) is 0.832. The average molecular weight is 442 g/mol. The number of hydrogen-bond acceptors (Lipinski definition) is 5. The highest BCUT2D eigenvalue weighted by atomic mass is 35.5. The summed E-state index contributed by atoms with van der Waals surface area (Å²) in [4.78, 5) is 24.6. The van der Waals surface area contributed by atoms with Crippen LogP contribution in [0.3, 0.4) is 0 Å². The summed E-state index contributed by atoms with van der Waals surface area (Å²) in [6.45, 7) is 0.519. The molecule has 0 radical (unpaired) electrons. The maximum atomic E-state index is 12.7. The Morgan fingerprint density at radius 3 is 2.39 bits per heavy atom. The first-order chi connectivity index (χ1) is 13.3. The molecule has 150 valence electrons. The number of piperidine rings is 1. The zero-order chi connectivity index (χ0) is 20.3. The smallest absolute Gasteiger partial charge is 0.254 e. The number of thiophene rings is 1. The molecule has 2 heterocycles. The molecule has 1 aliphatic rings. The predicted molar refractivity (Wildman–Crippen MR) is 109 cm³/mol. The first kappa shape index (κ1) is 20.8. The number of nitrogens with one attached hydrogen (secondary N) is 2. The summed E-state index contributed by atoms with van der Waals surface area (Å²) in [7, 11) is -2.08. The van der Waals surface area contributed by atoms with Crippen LogP contribution in [0.2, 0.25) is 5.02 Å². The molecule has 1 aromatic heterocycles. The second kappa shape index (κ2) is 8.60. The molecule has 0 bridgehead atoms. The summed E-state index contributed by atoms with van der Waals surface area (Å²) < 4.78 is 26.8. The number of nitrogens with zero attached hydrogens (tertiary/aromatic N) is 1. The van der Waals surface area contributed by atoms with Crippen molar-refractivity contribution in [3.05, 3.63) is 46.3 Å². The molecule has 1 fully saturated rings. The lowest BCUT2D eigenvalue weighted by Gasteiger charge is -2.30. The lowest BCUT2D eigenvalue weighted by Crippen LogP contribution is -2.41. The van der Waals surface area contributed by atoms with E-state index in [1.165, 1.54) is 34.8 Å². The Kier molecular flexibility index (Phi) is 6.39. The van der Waals surface area contributed by atoms with Crippen LogP contribution in [0, 0.1) is 5.92 Å². The lowest BCUT2D eigenvalue weighted by atomic mass is 9.97. The van der Waals surface area contributed by atoms with Crippen molar-refractivity contribution in [1.29, 1.82) is 0 Å². The van der Waals surface area contributed by atoms with E-state index in [0.717, 1.165) is 0 Å². The molecule has 1 aromatic carbocycles. The number of amides is 2. The summed E-state index contributed by atoms with van der Waals surface area (Å²) in [5.74, 6) is -0.770. The van der Waals surface area contributed by atoms with Crippen LogP contribution in [-0.4, -0.2) is 44.7 Å². The lowest BCUT2D eigenvalue weighted by molar-refractivity contribution is -0.120. The van der Waals surface area contributed by atoms with E-state index in [2.05, 4.69) is 10.6 Å². The van der Waals surface area contributed by atoms with Gasteiger partial charge in [0.15, 0.2) is 0 Å². The summed E-state index contributed by atoms with van der Waals surface area (Å²) >= 11 is 7.10. The SMILES string of the molecule is CNC(=O)c1ccsc1NC(=O)C1CCN(S(=O)(=O)c2ccc(Cl)cc2)CC1. The zero-order valence-electron chi connectivity index (χ0n) is 15.1. The van der Waals surface area contributed by atoms with Gasteiger partial charge in [-0.1, -0.05) is 11.6 Å². The van der Waals surface area contributed by atoms with Crippen molar-refractivity contribution in [2.45, 2.75) is 17.7 Å². The number of sulfonamides is 1. The van der Waals surface area contributed by atoms with Gasteiger partial charge in [0.1, 0.15) is 5.00 Å². The van der Waals surface area contributed by atoms with Crippen LogP contribution in [0.5, 0.6) is 0 Å². The topological polar surface area (TPSA) is 95.6 Å². The molecule has 3 rings (SSSR count). The molecule has 1 aliphatic heterocycles.